The molecule has 2 aliphatic carbocycles. The van der Waals surface area contributed by atoms with Gasteiger partial charge in [0.25, 0.3) is 0 Å². The lowest BCUT2D eigenvalue weighted by molar-refractivity contribution is 0.0602. The first-order chi connectivity index (χ1) is 8.28. The Morgan fingerprint density at radius 2 is 1.88 bits per heavy atom. The van der Waals surface area contributed by atoms with Crippen LogP contribution in [-0.2, 0) is 4.74 Å². The highest BCUT2D eigenvalue weighted by atomic mass is 16.5. The van der Waals surface area contributed by atoms with Crippen molar-refractivity contribution in [1.82, 2.24) is 5.32 Å². The zero-order valence-corrected chi connectivity index (χ0v) is 11.0. The smallest absolute Gasteiger partial charge is 0.0572 e. The van der Waals surface area contributed by atoms with Gasteiger partial charge in [0.15, 0.2) is 0 Å². The summed E-state index contributed by atoms with van der Waals surface area (Å²) in [7, 11) is 1.82. The summed E-state index contributed by atoms with van der Waals surface area (Å²) in [5.41, 5.74) is 0. The molecule has 0 aromatic rings. The predicted molar refractivity (Wildman–Crippen MR) is 69.0 cm³/mol. The number of ether oxygens (including phenoxy) is 1. The maximum atomic E-state index is 9.64. The van der Waals surface area contributed by atoms with Crippen molar-refractivity contribution < 1.29 is 9.84 Å². The van der Waals surface area contributed by atoms with Crippen LogP contribution in [0.5, 0.6) is 0 Å². The second kappa shape index (κ2) is 6.72. The monoisotopic (exact) mass is 241 g/mol. The van der Waals surface area contributed by atoms with Crippen LogP contribution < -0.4 is 5.32 Å². The molecule has 0 amide bonds. The first kappa shape index (κ1) is 13.3. The number of methoxy groups -OCH3 is 1. The Kier molecular flexibility index (Phi) is 5.26. The Bertz CT molecular complexity index is 214. The van der Waals surface area contributed by atoms with Crippen molar-refractivity contribution in [3.63, 3.8) is 0 Å². The third-order valence-corrected chi connectivity index (χ3v) is 4.46. The van der Waals surface area contributed by atoms with Crippen molar-refractivity contribution in [3.8, 4) is 0 Å². The van der Waals surface area contributed by atoms with E-state index in [9.17, 15) is 5.11 Å². The second-order valence-corrected chi connectivity index (χ2v) is 5.80. The molecular weight excluding hydrogens is 214 g/mol. The largest absolute Gasteiger partial charge is 0.393 e. The van der Waals surface area contributed by atoms with E-state index >= 15 is 0 Å². The van der Waals surface area contributed by atoms with Crippen molar-refractivity contribution in [3.05, 3.63) is 0 Å². The average Bonchev–Trinajstić information content (AvgIpc) is 2.37. The lowest BCUT2D eigenvalue weighted by Crippen LogP contribution is -2.39. The van der Waals surface area contributed by atoms with Gasteiger partial charge in [0, 0.05) is 13.2 Å². The van der Waals surface area contributed by atoms with E-state index in [0.717, 1.165) is 19.4 Å². The van der Waals surface area contributed by atoms with E-state index in [1.165, 1.54) is 38.5 Å². The number of aliphatic hydroxyl groups excluding tert-OH is 1. The van der Waals surface area contributed by atoms with Gasteiger partial charge in [0.2, 0.25) is 0 Å². The molecule has 3 nitrogen and oxygen atoms in total. The third kappa shape index (κ3) is 4.23. The Morgan fingerprint density at radius 1 is 1.12 bits per heavy atom. The van der Waals surface area contributed by atoms with E-state index in [1.807, 2.05) is 7.11 Å². The maximum Gasteiger partial charge on any atom is 0.0572 e. The topological polar surface area (TPSA) is 41.5 Å². The molecule has 2 unspecified atom stereocenters. The normalized spacial score (nSPS) is 39.2. The fraction of sp³-hybridized carbons (Fsp3) is 1.00. The van der Waals surface area contributed by atoms with Crippen LogP contribution in [0.3, 0.4) is 0 Å². The highest BCUT2D eigenvalue weighted by Gasteiger charge is 2.23. The molecule has 17 heavy (non-hydrogen) atoms. The fourth-order valence-electron chi connectivity index (χ4n) is 3.28. The number of hydrogen-bond donors (Lipinski definition) is 2. The molecule has 2 saturated carbocycles. The molecule has 0 aromatic carbocycles. The van der Waals surface area contributed by atoms with E-state index in [0.29, 0.717) is 18.1 Å². The molecule has 2 aliphatic rings. The van der Waals surface area contributed by atoms with Gasteiger partial charge in [-0.2, -0.15) is 0 Å². The highest BCUT2D eigenvalue weighted by molar-refractivity contribution is 4.80. The van der Waals surface area contributed by atoms with Gasteiger partial charge in [-0.15, -0.1) is 0 Å². The van der Waals surface area contributed by atoms with Gasteiger partial charge >= 0.3 is 0 Å². The van der Waals surface area contributed by atoms with E-state index in [2.05, 4.69) is 5.32 Å². The van der Waals surface area contributed by atoms with Crippen LogP contribution in [0.2, 0.25) is 0 Å². The number of nitrogens with one attached hydrogen (secondary N) is 1. The van der Waals surface area contributed by atoms with Gasteiger partial charge < -0.3 is 15.2 Å². The lowest BCUT2D eigenvalue weighted by Gasteiger charge is -2.31. The molecule has 0 aliphatic heterocycles. The van der Waals surface area contributed by atoms with Crippen molar-refractivity contribution in [2.75, 3.05) is 13.7 Å². The third-order valence-electron chi connectivity index (χ3n) is 4.46. The second-order valence-electron chi connectivity index (χ2n) is 5.80. The van der Waals surface area contributed by atoms with Crippen molar-refractivity contribution >= 4 is 0 Å². The zero-order valence-electron chi connectivity index (χ0n) is 11.0. The molecule has 2 atom stereocenters. The Labute approximate surface area is 105 Å². The fourth-order valence-corrected chi connectivity index (χ4v) is 3.28. The highest BCUT2D eigenvalue weighted by Crippen LogP contribution is 2.25. The summed E-state index contributed by atoms with van der Waals surface area (Å²) >= 11 is 0. The first-order valence-corrected chi connectivity index (χ1v) is 7.22. The van der Waals surface area contributed by atoms with Crippen LogP contribution >= 0.6 is 0 Å². The Morgan fingerprint density at radius 3 is 2.53 bits per heavy atom. The first-order valence-electron chi connectivity index (χ1n) is 7.22. The summed E-state index contributed by atoms with van der Waals surface area (Å²) in [4.78, 5) is 0. The standard InChI is InChI=1S/C14H27NO2/c1-17-14-7-5-12(6-8-14)15-10-11-3-2-4-13(16)9-11/h11-16H,2-10H2,1H3. The molecule has 2 fully saturated rings. The molecule has 0 bridgehead atoms. The minimum Gasteiger partial charge on any atom is -0.393 e. The molecule has 3 heteroatoms. The molecule has 0 spiro atoms. The number of hydrogen-bond acceptors (Lipinski definition) is 3. The zero-order chi connectivity index (χ0) is 12.1. The maximum absolute atomic E-state index is 9.64. The molecule has 0 heterocycles. The van der Waals surface area contributed by atoms with Gasteiger partial charge in [0.1, 0.15) is 0 Å². The van der Waals surface area contributed by atoms with Gasteiger partial charge in [-0.3, -0.25) is 0 Å². The average molecular weight is 241 g/mol. The number of rotatable bonds is 4. The predicted octanol–water partition coefficient (Wildman–Crippen LogP) is 2.08. The minimum atomic E-state index is -0.0419. The van der Waals surface area contributed by atoms with Crippen LogP contribution in [0.4, 0.5) is 0 Å². The molecule has 0 aromatic heterocycles. The molecule has 2 rings (SSSR count). The Balaban J connectivity index is 1.62. The summed E-state index contributed by atoms with van der Waals surface area (Å²) in [6.45, 7) is 1.10. The summed E-state index contributed by atoms with van der Waals surface area (Å²) in [6, 6.07) is 0.681. The van der Waals surface area contributed by atoms with Gasteiger partial charge in [0.05, 0.1) is 12.2 Å². The van der Waals surface area contributed by atoms with Crippen LogP contribution in [0.15, 0.2) is 0 Å². The van der Waals surface area contributed by atoms with Crippen molar-refractivity contribution in [1.29, 1.82) is 0 Å². The van der Waals surface area contributed by atoms with Crippen LogP contribution in [0, 0.1) is 5.92 Å². The van der Waals surface area contributed by atoms with Gasteiger partial charge in [-0.25, -0.2) is 0 Å². The van der Waals surface area contributed by atoms with E-state index in [1.54, 1.807) is 0 Å². The van der Waals surface area contributed by atoms with E-state index in [4.69, 9.17) is 4.74 Å². The van der Waals surface area contributed by atoms with E-state index in [-0.39, 0.29) is 6.10 Å². The van der Waals surface area contributed by atoms with Crippen LogP contribution in [-0.4, -0.2) is 37.0 Å². The molecule has 2 N–H and O–H groups in total. The summed E-state index contributed by atoms with van der Waals surface area (Å²) in [6.07, 6.45) is 9.83. The van der Waals surface area contributed by atoms with Gasteiger partial charge in [-0.05, 0) is 57.4 Å². The van der Waals surface area contributed by atoms with Crippen molar-refractivity contribution in [2.24, 2.45) is 5.92 Å². The quantitative estimate of drug-likeness (QED) is 0.792. The SMILES string of the molecule is COC1CCC(NCC2CCCC(O)C2)CC1. The van der Waals surface area contributed by atoms with Crippen molar-refractivity contribution in [2.45, 2.75) is 69.6 Å². The molecule has 100 valence electrons. The summed E-state index contributed by atoms with van der Waals surface area (Å²) in [5, 5.41) is 13.3. The van der Waals surface area contributed by atoms with Crippen LogP contribution in [0.25, 0.3) is 0 Å². The molecule has 0 radical (unpaired) electrons. The van der Waals surface area contributed by atoms with Gasteiger partial charge in [-0.1, -0.05) is 6.42 Å². The molecular formula is C14H27NO2. The lowest BCUT2D eigenvalue weighted by atomic mass is 9.86. The molecule has 0 saturated heterocycles. The Hall–Kier alpha value is -0.120. The number of aliphatic hydroxyl groups is 1. The minimum absolute atomic E-state index is 0.0419. The van der Waals surface area contributed by atoms with Crippen LogP contribution in [0.1, 0.15) is 51.4 Å². The summed E-state index contributed by atoms with van der Waals surface area (Å²) < 4.78 is 5.39. The summed E-state index contributed by atoms with van der Waals surface area (Å²) in [5.74, 6) is 0.693. The van der Waals surface area contributed by atoms with E-state index < -0.39 is 0 Å².